The van der Waals surface area contributed by atoms with Gasteiger partial charge in [-0.1, -0.05) is 18.2 Å². The summed E-state index contributed by atoms with van der Waals surface area (Å²) in [4.78, 5) is 6.29. The number of rotatable bonds is 5. The Morgan fingerprint density at radius 1 is 1.45 bits per heavy atom. The zero-order chi connectivity index (χ0) is 16.1. The first-order chi connectivity index (χ1) is 10.5. The highest BCUT2D eigenvalue weighted by molar-refractivity contribution is 9.12. The number of nitrogens with two attached hydrogens (primary N) is 1. The Morgan fingerprint density at radius 3 is 2.77 bits per heavy atom. The van der Waals surface area contributed by atoms with E-state index in [1.54, 1.807) is 12.3 Å². The van der Waals surface area contributed by atoms with Gasteiger partial charge in [-0.15, -0.1) is 0 Å². The van der Waals surface area contributed by atoms with Crippen LogP contribution in [0.3, 0.4) is 0 Å². The second-order valence-corrected chi connectivity index (χ2v) is 6.15. The molecule has 0 spiro atoms. The minimum absolute atomic E-state index is 0.0427. The summed E-state index contributed by atoms with van der Waals surface area (Å²) in [6, 6.07) is 4.31. The molecule has 0 aliphatic carbocycles. The SMILES string of the molecule is C=C(/N=C\C(Br)=C(/N)N1CCCC1)Nc1ccc(F)c(Cl)c1. The van der Waals surface area contributed by atoms with Gasteiger partial charge < -0.3 is 16.0 Å². The molecule has 7 heteroatoms. The van der Waals surface area contributed by atoms with Gasteiger partial charge in [0.2, 0.25) is 0 Å². The standard InChI is InChI=1S/C15H17BrClFN4/c1-10(21-11-4-5-14(18)13(17)8-11)20-9-12(16)15(19)22-6-2-3-7-22/h4-5,8-9,21H,1-3,6-7,19H2/b15-12-,20-9-. The van der Waals surface area contributed by atoms with Crippen LogP contribution in [0.15, 0.2) is 45.9 Å². The Morgan fingerprint density at radius 2 is 2.14 bits per heavy atom. The smallest absolute Gasteiger partial charge is 0.141 e. The average Bonchev–Trinajstić information content (AvgIpc) is 3.02. The van der Waals surface area contributed by atoms with Crippen LogP contribution in [-0.2, 0) is 0 Å². The van der Waals surface area contributed by atoms with Crippen LogP contribution in [0.1, 0.15) is 12.8 Å². The lowest BCUT2D eigenvalue weighted by molar-refractivity contribution is 0.421. The molecule has 1 aliphatic heterocycles. The van der Waals surface area contributed by atoms with Crippen molar-refractivity contribution in [3.8, 4) is 0 Å². The van der Waals surface area contributed by atoms with Crippen LogP contribution < -0.4 is 11.1 Å². The maximum Gasteiger partial charge on any atom is 0.141 e. The normalized spacial score (nSPS) is 16.0. The lowest BCUT2D eigenvalue weighted by Gasteiger charge is -2.18. The second-order valence-electron chi connectivity index (χ2n) is 4.89. The third kappa shape index (κ3) is 4.48. The van der Waals surface area contributed by atoms with Gasteiger partial charge in [-0.3, -0.25) is 0 Å². The van der Waals surface area contributed by atoms with Crippen molar-refractivity contribution in [2.45, 2.75) is 12.8 Å². The van der Waals surface area contributed by atoms with Gasteiger partial charge in [0.15, 0.2) is 0 Å². The fourth-order valence-corrected chi connectivity index (χ4v) is 2.62. The van der Waals surface area contributed by atoms with Crippen LogP contribution in [0.2, 0.25) is 5.02 Å². The van der Waals surface area contributed by atoms with Crippen LogP contribution in [-0.4, -0.2) is 24.2 Å². The summed E-state index contributed by atoms with van der Waals surface area (Å²) in [7, 11) is 0. The molecule has 1 aromatic carbocycles. The highest BCUT2D eigenvalue weighted by Gasteiger charge is 2.14. The Balaban J connectivity index is 1.98. The molecule has 0 radical (unpaired) electrons. The molecule has 0 unspecified atom stereocenters. The fraction of sp³-hybridized carbons (Fsp3) is 0.267. The topological polar surface area (TPSA) is 53.6 Å². The predicted octanol–water partition coefficient (Wildman–Crippen LogP) is 4.05. The fourth-order valence-electron chi connectivity index (χ4n) is 2.08. The monoisotopic (exact) mass is 386 g/mol. The van der Waals surface area contributed by atoms with Crippen molar-refractivity contribution in [1.82, 2.24) is 4.90 Å². The van der Waals surface area contributed by atoms with Gasteiger partial charge in [0.1, 0.15) is 17.5 Å². The maximum absolute atomic E-state index is 13.1. The zero-order valence-corrected chi connectivity index (χ0v) is 14.3. The van der Waals surface area contributed by atoms with Crippen molar-refractivity contribution < 1.29 is 4.39 Å². The lowest BCUT2D eigenvalue weighted by Crippen LogP contribution is -2.25. The van der Waals surface area contributed by atoms with Gasteiger partial charge in [0.05, 0.1) is 9.51 Å². The third-order valence-electron chi connectivity index (χ3n) is 3.23. The van der Waals surface area contributed by atoms with E-state index >= 15 is 0 Å². The molecule has 1 saturated heterocycles. The molecule has 1 aromatic rings. The van der Waals surface area contributed by atoms with Crippen molar-refractivity contribution in [3.05, 3.63) is 51.7 Å². The number of likely N-dealkylation sites (tertiary alicyclic amines) is 1. The number of hydrogen-bond acceptors (Lipinski definition) is 4. The lowest BCUT2D eigenvalue weighted by atomic mass is 10.3. The van der Waals surface area contributed by atoms with Crippen LogP contribution in [0.25, 0.3) is 0 Å². The Labute approximate surface area is 142 Å². The number of benzene rings is 1. The molecule has 2 rings (SSSR count). The van der Waals surface area contributed by atoms with Crippen molar-refractivity contribution in [2.24, 2.45) is 10.7 Å². The Hall–Kier alpha value is -1.53. The maximum atomic E-state index is 13.1. The van der Waals surface area contributed by atoms with Crippen molar-refractivity contribution in [1.29, 1.82) is 0 Å². The minimum atomic E-state index is -0.467. The molecule has 0 aromatic heterocycles. The van der Waals surface area contributed by atoms with E-state index in [-0.39, 0.29) is 5.02 Å². The van der Waals surface area contributed by atoms with Crippen LogP contribution in [0, 0.1) is 5.82 Å². The number of halogens is 3. The number of hydrogen-bond donors (Lipinski definition) is 2. The van der Waals surface area contributed by atoms with Gasteiger partial charge in [-0.05, 0) is 47.0 Å². The summed E-state index contributed by atoms with van der Waals surface area (Å²) in [5.74, 6) is 0.595. The van der Waals surface area contributed by atoms with Crippen molar-refractivity contribution in [2.75, 3.05) is 18.4 Å². The molecule has 1 fully saturated rings. The molecule has 4 nitrogen and oxygen atoms in total. The van der Waals surface area contributed by atoms with E-state index in [1.807, 2.05) is 0 Å². The Kier molecular flexibility index (Phi) is 5.85. The predicted molar refractivity (Wildman–Crippen MR) is 93.6 cm³/mol. The van der Waals surface area contributed by atoms with E-state index in [0.717, 1.165) is 25.9 Å². The average molecular weight is 388 g/mol. The summed E-state index contributed by atoms with van der Waals surface area (Å²) in [5.41, 5.74) is 6.67. The third-order valence-corrected chi connectivity index (χ3v) is 4.13. The van der Waals surface area contributed by atoms with E-state index in [9.17, 15) is 4.39 Å². The molecule has 1 aliphatic rings. The number of nitrogens with one attached hydrogen (secondary N) is 1. The summed E-state index contributed by atoms with van der Waals surface area (Å²) >= 11 is 9.13. The van der Waals surface area contributed by atoms with Gasteiger partial charge in [0.25, 0.3) is 0 Å². The van der Waals surface area contributed by atoms with Gasteiger partial charge in [-0.2, -0.15) is 0 Å². The first-order valence-electron chi connectivity index (χ1n) is 6.82. The molecular formula is C15H17BrClFN4. The second kappa shape index (κ2) is 7.65. The number of nitrogens with zero attached hydrogens (tertiary/aromatic N) is 2. The molecular weight excluding hydrogens is 371 g/mol. The molecule has 0 saturated carbocycles. The van der Waals surface area contributed by atoms with E-state index < -0.39 is 5.82 Å². The molecule has 0 atom stereocenters. The molecule has 3 N–H and O–H groups in total. The van der Waals surface area contributed by atoms with Gasteiger partial charge in [0, 0.05) is 25.0 Å². The van der Waals surface area contributed by atoms with E-state index in [1.165, 1.54) is 12.1 Å². The van der Waals surface area contributed by atoms with Crippen molar-refractivity contribution >= 4 is 39.4 Å². The zero-order valence-electron chi connectivity index (χ0n) is 12.0. The number of aliphatic imine (C=N–C) groups is 1. The molecule has 1 heterocycles. The van der Waals surface area contributed by atoms with E-state index in [4.69, 9.17) is 17.3 Å². The highest BCUT2D eigenvalue weighted by Crippen LogP contribution is 2.21. The van der Waals surface area contributed by atoms with Crippen LogP contribution >= 0.6 is 27.5 Å². The number of allylic oxidation sites excluding steroid dienone is 1. The van der Waals surface area contributed by atoms with Crippen LogP contribution in [0.4, 0.5) is 10.1 Å². The van der Waals surface area contributed by atoms with Gasteiger partial charge in [-0.25, -0.2) is 9.38 Å². The van der Waals surface area contributed by atoms with Crippen molar-refractivity contribution in [3.63, 3.8) is 0 Å². The first-order valence-corrected chi connectivity index (χ1v) is 7.99. The Bertz CT molecular complexity index is 624. The summed E-state index contributed by atoms with van der Waals surface area (Å²) in [5, 5.41) is 2.98. The molecule has 118 valence electrons. The first kappa shape index (κ1) is 16.8. The summed E-state index contributed by atoms with van der Waals surface area (Å²) in [6.07, 6.45) is 3.89. The largest absolute Gasteiger partial charge is 0.384 e. The van der Waals surface area contributed by atoms with E-state index in [2.05, 4.69) is 37.7 Å². The summed E-state index contributed by atoms with van der Waals surface area (Å²) in [6.45, 7) is 5.71. The summed E-state index contributed by atoms with van der Waals surface area (Å²) < 4.78 is 13.8. The van der Waals surface area contributed by atoms with E-state index in [0.29, 0.717) is 21.8 Å². The minimum Gasteiger partial charge on any atom is -0.384 e. The van der Waals surface area contributed by atoms with Gasteiger partial charge >= 0.3 is 0 Å². The quantitative estimate of drug-likeness (QED) is 0.749. The highest BCUT2D eigenvalue weighted by atomic mass is 79.9. The molecule has 22 heavy (non-hydrogen) atoms. The van der Waals surface area contributed by atoms with Crippen LogP contribution in [0.5, 0.6) is 0 Å². The number of anilines is 1. The molecule has 0 amide bonds. The molecule has 0 bridgehead atoms.